The third kappa shape index (κ3) is 2.04. The first-order valence-electron chi connectivity index (χ1n) is 7.82. The maximum absolute atomic E-state index is 6.12. The summed E-state index contributed by atoms with van der Waals surface area (Å²) in [7, 11) is 0. The predicted molar refractivity (Wildman–Crippen MR) is 68.2 cm³/mol. The van der Waals surface area contributed by atoms with Gasteiger partial charge in [0.25, 0.3) is 0 Å². The normalized spacial score (nSPS) is 57.2. The molecule has 2 aliphatic carbocycles. The summed E-state index contributed by atoms with van der Waals surface area (Å²) in [6.45, 7) is 5.12. The van der Waals surface area contributed by atoms with Crippen LogP contribution in [0.2, 0.25) is 0 Å². The minimum atomic E-state index is -1.20. The smallest absolute Gasteiger partial charge is 0.303 e. The minimum absolute atomic E-state index is 0.164. The van der Waals surface area contributed by atoms with Crippen molar-refractivity contribution in [2.45, 2.75) is 70.4 Å². The van der Waals surface area contributed by atoms with Crippen molar-refractivity contribution in [3.63, 3.8) is 0 Å². The van der Waals surface area contributed by atoms with E-state index < -0.39 is 6.16 Å². The number of ether oxygens (including phenoxy) is 4. The summed E-state index contributed by atoms with van der Waals surface area (Å²) in [6.07, 6.45) is 5.29. The summed E-state index contributed by atoms with van der Waals surface area (Å²) in [5.74, 6) is 1.75. The first kappa shape index (κ1) is 12.6. The van der Waals surface area contributed by atoms with Crippen LogP contribution in [-0.2, 0) is 18.9 Å². The van der Waals surface area contributed by atoms with Crippen LogP contribution < -0.4 is 0 Å². The van der Waals surface area contributed by atoms with Crippen LogP contribution in [0.4, 0.5) is 0 Å². The van der Waals surface area contributed by atoms with Gasteiger partial charge in [0.1, 0.15) is 0 Å². The Bertz CT molecular complexity index is 360. The van der Waals surface area contributed by atoms with Gasteiger partial charge >= 0.3 is 6.16 Å². The molecule has 0 aromatic rings. The number of rotatable bonds is 0. The van der Waals surface area contributed by atoms with E-state index in [4.69, 9.17) is 18.9 Å². The Kier molecular flexibility index (Phi) is 2.92. The van der Waals surface area contributed by atoms with E-state index >= 15 is 0 Å². The van der Waals surface area contributed by atoms with Gasteiger partial charge in [-0.1, -0.05) is 13.3 Å². The molecule has 1 spiro atoms. The van der Waals surface area contributed by atoms with Gasteiger partial charge in [0.15, 0.2) is 0 Å². The van der Waals surface area contributed by atoms with Gasteiger partial charge in [0.05, 0.1) is 24.9 Å². The van der Waals surface area contributed by atoms with Gasteiger partial charge in [-0.3, -0.25) is 14.2 Å². The van der Waals surface area contributed by atoms with Crippen molar-refractivity contribution in [3.05, 3.63) is 0 Å². The largest absolute Gasteiger partial charge is 0.413 e. The number of hydrogen-bond acceptors (Lipinski definition) is 4. The summed E-state index contributed by atoms with van der Waals surface area (Å²) in [5, 5.41) is 0. The molecule has 0 radical (unpaired) electrons. The highest BCUT2D eigenvalue weighted by Crippen LogP contribution is 2.47. The van der Waals surface area contributed by atoms with Crippen molar-refractivity contribution in [1.82, 2.24) is 0 Å². The van der Waals surface area contributed by atoms with Gasteiger partial charge in [-0.2, -0.15) is 0 Å². The standard InChI is InChI=1S/C15H24O4/c1-9-6-11-8-16-15(19-14(11)7-9)17-10(2)12-4-3-5-13(12)18-15/h9-14H,3-8H2,1-2H3. The summed E-state index contributed by atoms with van der Waals surface area (Å²) < 4.78 is 24.1. The van der Waals surface area contributed by atoms with Crippen LogP contribution in [0.1, 0.15) is 46.0 Å². The number of hydrogen-bond donors (Lipinski definition) is 0. The lowest BCUT2D eigenvalue weighted by molar-refractivity contribution is -0.563. The van der Waals surface area contributed by atoms with Crippen LogP contribution >= 0.6 is 0 Å². The second kappa shape index (κ2) is 4.42. The van der Waals surface area contributed by atoms with Crippen molar-refractivity contribution in [1.29, 1.82) is 0 Å². The Morgan fingerprint density at radius 3 is 2.68 bits per heavy atom. The number of fused-ring (bicyclic) bond motifs is 2. The molecule has 0 amide bonds. The van der Waals surface area contributed by atoms with Crippen LogP contribution in [0.5, 0.6) is 0 Å². The molecule has 108 valence electrons. The van der Waals surface area contributed by atoms with E-state index in [9.17, 15) is 0 Å². The Labute approximate surface area is 114 Å². The molecule has 4 heteroatoms. The zero-order valence-corrected chi connectivity index (χ0v) is 11.8. The summed E-state index contributed by atoms with van der Waals surface area (Å²) in [4.78, 5) is 0. The van der Waals surface area contributed by atoms with Crippen LogP contribution in [0, 0.1) is 17.8 Å². The summed E-state index contributed by atoms with van der Waals surface area (Å²) in [6, 6.07) is 0. The fraction of sp³-hybridized carbons (Fsp3) is 1.00. The zero-order chi connectivity index (χ0) is 13.0. The molecular formula is C15H24O4. The molecule has 7 atom stereocenters. The Morgan fingerprint density at radius 2 is 1.79 bits per heavy atom. The van der Waals surface area contributed by atoms with E-state index in [0.29, 0.717) is 24.4 Å². The molecule has 2 saturated heterocycles. The van der Waals surface area contributed by atoms with Crippen molar-refractivity contribution in [2.75, 3.05) is 6.61 Å². The molecule has 4 rings (SSSR count). The maximum Gasteiger partial charge on any atom is 0.413 e. The van der Waals surface area contributed by atoms with Gasteiger partial charge in [0.2, 0.25) is 0 Å². The third-order valence-electron chi connectivity index (χ3n) is 5.37. The molecule has 4 aliphatic rings. The fourth-order valence-corrected chi connectivity index (χ4v) is 4.39. The maximum atomic E-state index is 6.12. The lowest BCUT2D eigenvalue weighted by Gasteiger charge is -2.48. The minimum Gasteiger partial charge on any atom is -0.303 e. The van der Waals surface area contributed by atoms with E-state index in [-0.39, 0.29) is 18.3 Å². The third-order valence-corrected chi connectivity index (χ3v) is 5.37. The summed E-state index contributed by atoms with van der Waals surface area (Å²) >= 11 is 0. The van der Waals surface area contributed by atoms with Gasteiger partial charge in [0, 0.05) is 11.8 Å². The molecule has 0 bridgehead atoms. The lowest BCUT2D eigenvalue weighted by atomic mass is 9.99. The van der Waals surface area contributed by atoms with E-state index in [0.717, 1.165) is 12.8 Å². The lowest BCUT2D eigenvalue weighted by Crippen LogP contribution is -2.59. The summed E-state index contributed by atoms with van der Waals surface area (Å²) in [5.41, 5.74) is 0. The van der Waals surface area contributed by atoms with Crippen molar-refractivity contribution < 1.29 is 18.9 Å². The van der Waals surface area contributed by atoms with Gasteiger partial charge in [-0.05, 0) is 38.5 Å². The Balaban J connectivity index is 1.51. The highest BCUT2D eigenvalue weighted by molar-refractivity contribution is 4.90. The molecule has 0 aromatic heterocycles. The highest BCUT2D eigenvalue weighted by atomic mass is 17.0. The predicted octanol–water partition coefficient (Wildman–Crippen LogP) is 2.66. The average molecular weight is 268 g/mol. The molecule has 0 aromatic carbocycles. The molecule has 19 heavy (non-hydrogen) atoms. The van der Waals surface area contributed by atoms with Crippen molar-refractivity contribution >= 4 is 0 Å². The molecule has 0 N–H and O–H groups in total. The molecule has 2 saturated carbocycles. The van der Waals surface area contributed by atoms with Crippen molar-refractivity contribution in [2.24, 2.45) is 17.8 Å². The molecule has 4 fully saturated rings. The van der Waals surface area contributed by atoms with Crippen LogP contribution in [0.3, 0.4) is 0 Å². The molecule has 7 unspecified atom stereocenters. The quantitative estimate of drug-likeness (QED) is 0.677. The topological polar surface area (TPSA) is 36.9 Å². The van der Waals surface area contributed by atoms with Crippen LogP contribution in [0.25, 0.3) is 0 Å². The fourth-order valence-electron chi connectivity index (χ4n) is 4.39. The Morgan fingerprint density at radius 1 is 0.947 bits per heavy atom. The monoisotopic (exact) mass is 268 g/mol. The van der Waals surface area contributed by atoms with E-state index in [1.807, 2.05) is 0 Å². The second-order valence-corrected chi connectivity index (χ2v) is 6.88. The Hall–Kier alpha value is -0.160. The molecule has 4 nitrogen and oxygen atoms in total. The van der Waals surface area contributed by atoms with Gasteiger partial charge < -0.3 is 4.74 Å². The zero-order valence-electron chi connectivity index (χ0n) is 11.8. The second-order valence-electron chi connectivity index (χ2n) is 6.88. The van der Waals surface area contributed by atoms with E-state index in [1.165, 1.54) is 19.3 Å². The van der Waals surface area contributed by atoms with Gasteiger partial charge in [-0.25, -0.2) is 0 Å². The average Bonchev–Trinajstić information content (AvgIpc) is 2.94. The van der Waals surface area contributed by atoms with Crippen LogP contribution in [-0.4, -0.2) is 31.1 Å². The van der Waals surface area contributed by atoms with Crippen molar-refractivity contribution in [3.8, 4) is 0 Å². The molecule has 2 aliphatic heterocycles. The first-order valence-corrected chi connectivity index (χ1v) is 7.82. The molecular weight excluding hydrogens is 244 g/mol. The van der Waals surface area contributed by atoms with Crippen LogP contribution in [0.15, 0.2) is 0 Å². The van der Waals surface area contributed by atoms with E-state index in [2.05, 4.69) is 13.8 Å². The SMILES string of the molecule is CC1CC2COC3(OC(C)C4CCCC4O3)OC2C1. The van der Waals surface area contributed by atoms with Gasteiger partial charge in [-0.15, -0.1) is 0 Å². The highest BCUT2D eigenvalue weighted by Gasteiger charge is 2.56. The molecule has 2 heterocycles. The first-order chi connectivity index (χ1) is 9.15. The van der Waals surface area contributed by atoms with E-state index in [1.54, 1.807) is 0 Å².